The van der Waals surface area contributed by atoms with Gasteiger partial charge in [-0.1, -0.05) is 15.9 Å². The highest BCUT2D eigenvalue weighted by Crippen LogP contribution is 2.21. The summed E-state index contributed by atoms with van der Waals surface area (Å²) in [7, 11) is 0. The molecule has 1 amide bonds. The summed E-state index contributed by atoms with van der Waals surface area (Å²) in [4.78, 5) is 12.1. The van der Waals surface area contributed by atoms with Crippen LogP contribution in [0.3, 0.4) is 0 Å². The van der Waals surface area contributed by atoms with Crippen LogP contribution in [0.15, 0.2) is 40.9 Å². The number of carbonyl (C=O) groups is 1. The fraction of sp³-hybridized carbons (Fsp3) is 0.0667. The van der Waals surface area contributed by atoms with E-state index >= 15 is 0 Å². The molecule has 0 aliphatic carbocycles. The minimum atomic E-state index is -0.382. The zero-order valence-corrected chi connectivity index (χ0v) is 12.2. The van der Waals surface area contributed by atoms with Crippen LogP contribution in [0.4, 0.5) is 10.1 Å². The van der Waals surface area contributed by atoms with Crippen molar-refractivity contribution in [2.45, 2.75) is 6.92 Å². The Morgan fingerprint density at radius 1 is 1.30 bits per heavy atom. The normalized spacial score (nSPS) is 9.90. The van der Waals surface area contributed by atoms with Crippen molar-refractivity contribution < 1.29 is 9.18 Å². The van der Waals surface area contributed by atoms with Gasteiger partial charge in [-0.2, -0.15) is 5.26 Å². The molecule has 0 radical (unpaired) electrons. The highest BCUT2D eigenvalue weighted by molar-refractivity contribution is 9.10. The minimum absolute atomic E-state index is 0.343. The molecule has 0 spiro atoms. The Morgan fingerprint density at radius 2 is 2.05 bits per heavy atom. The van der Waals surface area contributed by atoms with Crippen LogP contribution in [0.5, 0.6) is 0 Å². The summed E-state index contributed by atoms with van der Waals surface area (Å²) >= 11 is 3.26. The van der Waals surface area contributed by atoms with Gasteiger partial charge in [0.05, 0.1) is 11.3 Å². The Morgan fingerprint density at radius 3 is 2.70 bits per heavy atom. The number of nitrogens with zero attached hydrogens (tertiary/aromatic N) is 1. The number of nitrogens with one attached hydrogen (secondary N) is 1. The topological polar surface area (TPSA) is 52.9 Å². The summed E-state index contributed by atoms with van der Waals surface area (Å²) in [5.74, 6) is -0.741. The first-order chi connectivity index (χ1) is 9.51. The second-order valence-electron chi connectivity index (χ2n) is 4.22. The number of nitriles is 1. The van der Waals surface area contributed by atoms with Gasteiger partial charge in [-0.05, 0) is 48.9 Å². The van der Waals surface area contributed by atoms with Crippen LogP contribution < -0.4 is 5.32 Å². The van der Waals surface area contributed by atoms with Crippen LogP contribution in [0.2, 0.25) is 0 Å². The van der Waals surface area contributed by atoms with Gasteiger partial charge in [-0.25, -0.2) is 4.39 Å². The Hall–Kier alpha value is -2.19. The number of hydrogen-bond acceptors (Lipinski definition) is 2. The number of hydrogen-bond donors (Lipinski definition) is 1. The van der Waals surface area contributed by atoms with Gasteiger partial charge in [0.15, 0.2) is 0 Å². The van der Waals surface area contributed by atoms with E-state index in [1.54, 1.807) is 25.1 Å². The summed E-state index contributed by atoms with van der Waals surface area (Å²) in [5, 5.41) is 11.7. The molecule has 1 N–H and O–H groups in total. The SMILES string of the molecule is Cc1cc(C(=O)Nc2ccc(Br)cc2C#N)ccc1F. The molecule has 3 nitrogen and oxygen atoms in total. The molecule has 0 heterocycles. The lowest BCUT2D eigenvalue weighted by molar-refractivity contribution is 0.102. The number of aryl methyl sites for hydroxylation is 1. The molecule has 0 aliphatic rings. The lowest BCUT2D eigenvalue weighted by Gasteiger charge is -2.08. The van der Waals surface area contributed by atoms with Crippen molar-refractivity contribution in [1.82, 2.24) is 0 Å². The van der Waals surface area contributed by atoms with E-state index in [1.165, 1.54) is 18.2 Å². The van der Waals surface area contributed by atoms with E-state index < -0.39 is 0 Å². The van der Waals surface area contributed by atoms with Crippen molar-refractivity contribution in [3.8, 4) is 6.07 Å². The van der Waals surface area contributed by atoms with Crippen LogP contribution in [0.1, 0.15) is 21.5 Å². The molecular weight excluding hydrogens is 323 g/mol. The lowest BCUT2D eigenvalue weighted by atomic mass is 10.1. The van der Waals surface area contributed by atoms with Crippen molar-refractivity contribution in [2.24, 2.45) is 0 Å². The maximum Gasteiger partial charge on any atom is 0.255 e. The molecular formula is C15H10BrFN2O. The molecule has 0 fully saturated rings. The van der Waals surface area contributed by atoms with Gasteiger partial charge in [-0.15, -0.1) is 0 Å². The van der Waals surface area contributed by atoms with Gasteiger partial charge in [-0.3, -0.25) is 4.79 Å². The molecule has 2 rings (SSSR count). The Kier molecular flexibility index (Phi) is 4.16. The summed E-state index contributed by atoms with van der Waals surface area (Å²) in [5.41, 5.74) is 1.51. The zero-order valence-electron chi connectivity index (χ0n) is 10.6. The molecule has 2 aromatic rings. The summed E-state index contributed by atoms with van der Waals surface area (Å²) in [6.07, 6.45) is 0. The molecule has 5 heteroatoms. The predicted octanol–water partition coefficient (Wildman–Crippen LogP) is 4.02. The number of rotatable bonds is 2. The third kappa shape index (κ3) is 3.03. The van der Waals surface area contributed by atoms with Gasteiger partial charge >= 0.3 is 0 Å². The highest BCUT2D eigenvalue weighted by Gasteiger charge is 2.10. The number of benzene rings is 2. The number of anilines is 1. The van der Waals surface area contributed by atoms with E-state index in [9.17, 15) is 9.18 Å². The van der Waals surface area contributed by atoms with Crippen LogP contribution in [0, 0.1) is 24.1 Å². The molecule has 0 atom stereocenters. The molecule has 0 unspecified atom stereocenters. The number of amides is 1. The number of carbonyl (C=O) groups excluding carboxylic acids is 1. The molecule has 20 heavy (non-hydrogen) atoms. The van der Waals surface area contributed by atoms with E-state index in [2.05, 4.69) is 21.2 Å². The average molecular weight is 333 g/mol. The molecule has 0 saturated heterocycles. The van der Waals surface area contributed by atoms with Gasteiger partial charge < -0.3 is 5.32 Å². The Bertz CT molecular complexity index is 722. The zero-order chi connectivity index (χ0) is 14.7. The monoisotopic (exact) mass is 332 g/mol. The molecule has 0 bridgehead atoms. The van der Waals surface area contributed by atoms with Gasteiger partial charge in [0.25, 0.3) is 5.91 Å². The van der Waals surface area contributed by atoms with Gasteiger partial charge in [0.1, 0.15) is 11.9 Å². The van der Waals surface area contributed by atoms with Crippen molar-refractivity contribution in [2.75, 3.05) is 5.32 Å². The van der Waals surface area contributed by atoms with Crippen LogP contribution >= 0.6 is 15.9 Å². The highest BCUT2D eigenvalue weighted by atomic mass is 79.9. The van der Waals surface area contributed by atoms with Gasteiger partial charge in [0, 0.05) is 10.0 Å². The smallest absolute Gasteiger partial charge is 0.255 e. The van der Waals surface area contributed by atoms with Gasteiger partial charge in [0.2, 0.25) is 0 Å². The second kappa shape index (κ2) is 5.85. The maximum absolute atomic E-state index is 13.2. The Labute approximate surface area is 124 Å². The van der Waals surface area contributed by atoms with Crippen LogP contribution in [0.25, 0.3) is 0 Å². The summed E-state index contributed by atoms with van der Waals surface area (Å²) in [6, 6.07) is 11.1. The standard InChI is InChI=1S/C15H10BrFN2O/c1-9-6-10(2-4-13(9)17)15(20)19-14-5-3-12(16)7-11(14)8-18/h2-7H,1H3,(H,19,20). The third-order valence-corrected chi connectivity index (χ3v) is 3.26. The summed E-state index contributed by atoms with van der Waals surface area (Å²) < 4.78 is 13.9. The van der Waals surface area contributed by atoms with E-state index in [-0.39, 0.29) is 11.7 Å². The van der Waals surface area contributed by atoms with E-state index in [0.29, 0.717) is 22.4 Å². The van der Waals surface area contributed by atoms with Crippen LogP contribution in [-0.2, 0) is 0 Å². The number of halogens is 2. The Balaban J connectivity index is 2.28. The maximum atomic E-state index is 13.2. The van der Waals surface area contributed by atoms with E-state index in [0.717, 1.165) is 4.47 Å². The van der Waals surface area contributed by atoms with E-state index in [1.807, 2.05) is 6.07 Å². The lowest BCUT2D eigenvalue weighted by Crippen LogP contribution is -2.13. The van der Waals surface area contributed by atoms with Crippen molar-refractivity contribution in [3.63, 3.8) is 0 Å². The van der Waals surface area contributed by atoms with Crippen molar-refractivity contribution in [3.05, 3.63) is 63.4 Å². The second-order valence-corrected chi connectivity index (χ2v) is 5.14. The molecule has 100 valence electrons. The molecule has 0 aromatic heterocycles. The fourth-order valence-corrected chi connectivity index (χ4v) is 2.06. The van der Waals surface area contributed by atoms with Crippen molar-refractivity contribution in [1.29, 1.82) is 5.26 Å². The molecule has 0 aliphatic heterocycles. The fourth-order valence-electron chi connectivity index (χ4n) is 1.70. The van der Waals surface area contributed by atoms with E-state index in [4.69, 9.17) is 5.26 Å². The van der Waals surface area contributed by atoms with Crippen LogP contribution in [-0.4, -0.2) is 5.91 Å². The molecule has 2 aromatic carbocycles. The minimum Gasteiger partial charge on any atom is -0.321 e. The predicted molar refractivity (Wildman–Crippen MR) is 77.9 cm³/mol. The average Bonchev–Trinajstić information content (AvgIpc) is 2.43. The quantitative estimate of drug-likeness (QED) is 0.902. The third-order valence-electron chi connectivity index (χ3n) is 2.77. The first-order valence-corrected chi connectivity index (χ1v) is 6.57. The largest absolute Gasteiger partial charge is 0.321 e. The molecule has 0 saturated carbocycles. The van der Waals surface area contributed by atoms with Crippen molar-refractivity contribution >= 4 is 27.5 Å². The first-order valence-electron chi connectivity index (χ1n) is 5.78. The first kappa shape index (κ1) is 14.2. The summed E-state index contributed by atoms with van der Waals surface area (Å²) in [6.45, 7) is 1.59.